The van der Waals surface area contributed by atoms with E-state index in [0.717, 1.165) is 11.8 Å². The first-order valence-electron chi connectivity index (χ1n) is 5.86. The SMILES string of the molecule is O=[N+]([O-])c1ccc(CCNc2ncc(C(F)(F)F)s2)cc1. The molecule has 1 aromatic heterocycles. The average molecular weight is 317 g/mol. The van der Waals surface area contributed by atoms with Crippen molar-refractivity contribution in [2.75, 3.05) is 11.9 Å². The van der Waals surface area contributed by atoms with Gasteiger partial charge in [0, 0.05) is 18.7 Å². The van der Waals surface area contributed by atoms with Crippen LogP contribution < -0.4 is 5.32 Å². The van der Waals surface area contributed by atoms with Crippen LogP contribution in [0.5, 0.6) is 0 Å². The number of nitrogens with one attached hydrogen (secondary N) is 1. The number of anilines is 1. The second-order valence-electron chi connectivity index (χ2n) is 4.13. The molecule has 0 bridgehead atoms. The predicted molar refractivity (Wildman–Crippen MR) is 72.4 cm³/mol. The summed E-state index contributed by atoms with van der Waals surface area (Å²) in [6, 6.07) is 6.01. The minimum atomic E-state index is -4.38. The van der Waals surface area contributed by atoms with E-state index in [4.69, 9.17) is 0 Å². The summed E-state index contributed by atoms with van der Waals surface area (Å²) >= 11 is 0.545. The van der Waals surface area contributed by atoms with Gasteiger partial charge in [-0.3, -0.25) is 10.1 Å². The zero-order chi connectivity index (χ0) is 15.5. The Bertz CT molecular complexity index is 625. The van der Waals surface area contributed by atoms with Gasteiger partial charge in [-0.15, -0.1) is 0 Å². The number of hydrogen-bond acceptors (Lipinski definition) is 5. The molecule has 0 saturated heterocycles. The number of non-ortho nitro benzene ring substituents is 1. The van der Waals surface area contributed by atoms with Crippen LogP contribution in [0.3, 0.4) is 0 Å². The Balaban J connectivity index is 1.86. The summed E-state index contributed by atoms with van der Waals surface area (Å²) in [6.45, 7) is 0.391. The Morgan fingerprint density at radius 3 is 2.48 bits per heavy atom. The number of rotatable bonds is 5. The average Bonchev–Trinajstić information content (AvgIpc) is 2.88. The molecule has 0 amide bonds. The van der Waals surface area contributed by atoms with Crippen LogP contribution in [0.25, 0.3) is 0 Å². The molecule has 2 aromatic rings. The first-order valence-corrected chi connectivity index (χ1v) is 6.68. The number of halogens is 3. The second kappa shape index (κ2) is 6.08. The first kappa shape index (κ1) is 15.2. The molecule has 1 heterocycles. The van der Waals surface area contributed by atoms with Gasteiger partial charge in [0.25, 0.3) is 5.69 Å². The summed E-state index contributed by atoms with van der Waals surface area (Å²) in [6.07, 6.45) is -3.06. The van der Waals surface area contributed by atoms with Gasteiger partial charge in [0.2, 0.25) is 0 Å². The monoisotopic (exact) mass is 317 g/mol. The standard InChI is InChI=1S/C12H10F3N3O2S/c13-12(14,15)10-7-17-11(21-10)16-6-5-8-1-3-9(4-2-8)18(19)20/h1-4,7H,5-6H2,(H,16,17). The van der Waals surface area contributed by atoms with Gasteiger partial charge in [-0.25, -0.2) is 4.98 Å². The number of nitrogens with zero attached hydrogens (tertiary/aromatic N) is 2. The molecule has 112 valence electrons. The molecule has 0 aliphatic carbocycles. The fourth-order valence-electron chi connectivity index (χ4n) is 1.58. The molecular formula is C12H10F3N3O2S. The first-order chi connectivity index (χ1) is 9.86. The van der Waals surface area contributed by atoms with Crippen LogP contribution in [0.2, 0.25) is 0 Å². The molecule has 5 nitrogen and oxygen atoms in total. The van der Waals surface area contributed by atoms with Crippen LogP contribution in [0.1, 0.15) is 10.4 Å². The van der Waals surface area contributed by atoms with Gasteiger partial charge in [-0.05, 0) is 12.0 Å². The summed E-state index contributed by atoms with van der Waals surface area (Å²) in [7, 11) is 0. The molecular weight excluding hydrogens is 307 g/mol. The third-order valence-corrected chi connectivity index (χ3v) is 3.62. The highest BCUT2D eigenvalue weighted by Crippen LogP contribution is 2.34. The van der Waals surface area contributed by atoms with Crippen molar-refractivity contribution in [2.45, 2.75) is 12.6 Å². The lowest BCUT2D eigenvalue weighted by Gasteiger charge is -2.03. The zero-order valence-corrected chi connectivity index (χ0v) is 11.4. The summed E-state index contributed by atoms with van der Waals surface area (Å²) in [5.41, 5.74) is 0.849. The van der Waals surface area contributed by atoms with E-state index in [2.05, 4.69) is 10.3 Å². The number of thiazole rings is 1. The van der Waals surface area contributed by atoms with Crippen molar-refractivity contribution in [1.29, 1.82) is 0 Å². The Hall–Kier alpha value is -2.16. The van der Waals surface area contributed by atoms with E-state index in [0.29, 0.717) is 24.3 Å². The summed E-state index contributed by atoms with van der Waals surface area (Å²) < 4.78 is 37.1. The zero-order valence-electron chi connectivity index (χ0n) is 10.6. The molecule has 0 atom stereocenters. The Kier molecular flexibility index (Phi) is 4.41. The molecule has 1 aromatic carbocycles. The van der Waals surface area contributed by atoms with Crippen molar-refractivity contribution in [3.05, 3.63) is 51.0 Å². The van der Waals surface area contributed by atoms with Crippen LogP contribution in [0.15, 0.2) is 30.5 Å². The van der Waals surface area contributed by atoms with Crippen molar-refractivity contribution in [1.82, 2.24) is 4.98 Å². The van der Waals surface area contributed by atoms with Crippen molar-refractivity contribution in [2.24, 2.45) is 0 Å². The maximum atomic E-state index is 12.4. The van der Waals surface area contributed by atoms with Gasteiger partial charge in [-0.2, -0.15) is 13.2 Å². The number of hydrogen-bond donors (Lipinski definition) is 1. The highest BCUT2D eigenvalue weighted by molar-refractivity contribution is 7.15. The fourth-order valence-corrected chi connectivity index (χ4v) is 2.29. The van der Waals surface area contributed by atoms with Crippen LogP contribution >= 0.6 is 11.3 Å². The number of alkyl halides is 3. The van der Waals surface area contributed by atoms with Gasteiger partial charge < -0.3 is 5.32 Å². The van der Waals surface area contributed by atoms with Gasteiger partial charge in [0.05, 0.1) is 11.1 Å². The van der Waals surface area contributed by atoms with Crippen LogP contribution in [0.4, 0.5) is 24.0 Å². The summed E-state index contributed by atoms with van der Waals surface area (Å²) in [5.74, 6) is 0. The van der Waals surface area contributed by atoms with E-state index in [1.165, 1.54) is 12.1 Å². The van der Waals surface area contributed by atoms with E-state index >= 15 is 0 Å². The summed E-state index contributed by atoms with van der Waals surface area (Å²) in [5, 5.41) is 13.5. The smallest absolute Gasteiger partial charge is 0.361 e. The van der Waals surface area contributed by atoms with E-state index in [1.54, 1.807) is 12.1 Å². The largest absolute Gasteiger partial charge is 0.427 e. The number of nitro benzene ring substituents is 1. The number of benzene rings is 1. The molecule has 0 spiro atoms. The quantitative estimate of drug-likeness (QED) is 0.674. The molecule has 21 heavy (non-hydrogen) atoms. The van der Waals surface area contributed by atoms with E-state index in [-0.39, 0.29) is 10.8 Å². The molecule has 1 N–H and O–H groups in total. The molecule has 0 fully saturated rings. The number of nitro groups is 1. The molecule has 0 radical (unpaired) electrons. The van der Waals surface area contributed by atoms with Crippen molar-refractivity contribution in [3.63, 3.8) is 0 Å². The number of aromatic nitrogens is 1. The Labute approximate surface area is 121 Å². The highest BCUT2D eigenvalue weighted by Gasteiger charge is 2.33. The minimum absolute atomic E-state index is 0.00134. The van der Waals surface area contributed by atoms with Crippen LogP contribution in [0, 0.1) is 10.1 Å². The third-order valence-electron chi connectivity index (χ3n) is 2.62. The Morgan fingerprint density at radius 1 is 1.29 bits per heavy atom. The lowest BCUT2D eigenvalue weighted by atomic mass is 10.1. The predicted octanol–water partition coefficient (Wildman–Crippen LogP) is 3.72. The van der Waals surface area contributed by atoms with Gasteiger partial charge >= 0.3 is 6.18 Å². The van der Waals surface area contributed by atoms with E-state index in [1.807, 2.05) is 0 Å². The van der Waals surface area contributed by atoms with Gasteiger partial charge in [0.15, 0.2) is 5.13 Å². The molecule has 0 aliphatic rings. The molecule has 0 aliphatic heterocycles. The topological polar surface area (TPSA) is 68.1 Å². The molecule has 0 unspecified atom stereocenters. The van der Waals surface area contributed by atoms with Crippen LogP contribution in [-0.2, 0) is 12.6 Å². The highest BCUT2D eigenvalue weighted by atomic mass is 32.1. The maximum Gasteiger partial charge on any atom is 0.427 e. The van der Waals surface area contributed by atoms with Gasteiger partial charge in [-0.1, -0.05) is 23.5 Å². The van der Waals surface area contributed by atoms with Crippen molar-refractivity contribution < 1.29 is 18.1 Å². The lowest BCUT2D eigenvalue weighted by Crippen LogP contribution is -2.04. The normalized spacial score (nSPS) is 11.4. The maximum absolute atomic E-state index is 12.4. The summed E-state index contributed by atoms with van der Waals surface area (Å²) in [4.78, 5) is 12.9. The van der Waals surface area contributed by atoms with Gasteiger partial charge in [0.1, 0.15) is 4.88 Å². The van der Waals surface area contributed by atoms with E-state index in [9.17, 15) is 23.3 Å². The van der Waals surface area contributed by atoms with Crippen molar-refractivity contribution >= 4 is 22.2 Å². The molecule has 9 heteroatoms. The molecule has 0 saturated carbocycles. The van der Waals surface area contributed by atoms with Crippen molar-refractivity contribution in [3.8, 4) is 0 Å². The fraction of sp³-hybridized carbons (Fsp3) is 0.250. The second-order valence-corrected chi connectivity index (χ2v) is 5.16. The van der Waals surface area contributed by atoms with E-state index < -0.39 is 16.0 Å². The Morgan fingerprint density at radius 2 is 1.95 bits per heavy atom. The molecule has 2 rings (SSSR count). The lowest BCUT2D eigenvalue weighted by molar-refractivity contribution is -0.384. The third kappa shape index (κ3) is 4.15. The minimum Gasteiger partial charge on any atom is -0.361 e. The van der Waals surface area contributed by atoms with Crippen LogP contribution in [-0.4, -0.2) is 16.5 Å².